The lowest BCUT2D eigenvalue weighted by molar-refractivity contribution is -0.121. The predicted molar refractivity (Wildman–Crippen MR) is 86.7 cm³/mol. The van der Waals surface area contributed by atoms with E-state index in [9.17, 15) is 4.79 Å². The zero-order valence-corrected chi connectivity index (χ0v) is 13.1. The number of pyridine rings is 1. The molecule has 22 heavy (non-hydrogen) atoms. The van der Waals surface area contributed by atoms with Crippen LogP contribution in [0.3, 0.4) is 0 Å². The Hall–Kier alpha value is -2.36. The molecule has 1 aromatic carbocycles. The molecule has 0 radical (unpaired) electrons. The Kier molecular flexibility index (Phi) is 5.95. The first-order valence-electron chi connectivity index (χ1n) is 7.54. The summed E-state index contributed by atoms with van der Waals surface area (Å²) in [5.74, 6) is 0.882. The van der Waals surface area contributed by atoms with Crippen LogP contribution in [0.1, 0.15) is 36.9 Å². The van der Waals surface area contributed by atoms with Crippen LogP contribution < -0.4 is 10.1 Å². The van der Waals surface area contributed by atoms with Gasteiger partial charge in [-0.25, -0.2) is 0 Å². The number of nitrogens with one attached hydrogen (secondary N) is 1. The van der Waals surface area contributed by atoms with Crippen molar-refractivity contribution in [1.29, 1.82) is 0 Å². The third kappa shape index (κ3) is 5.20. The normalized spacial score (nSPS) is 11.7. The fourth-order valence-corrected chi connectivity index (χ4v) is 2.11. The van der Waals surface area contributed by atoms with Gasteiger partial charge in [-0.1, -0.05) is 17.7 Å². The molecule has 0 aliphatic carbocycles. The number of hydrogen-bond acceptors (Lipinski definition) is 3. The number of hydrogen-bond donors (Lipinski definition) is 1. The second kappa shape index (κ2) is 8.17. The second-order valence-corrected chi connectivity index (χ2v) is 5.33. The van der Waals surface area contributed by atoms with E-state index < -0.39 is 0 Å². The van der Waals surface area contributed by atoms with Gasteiger partial charge in [0.2, 0.25) is 5.91 Å². The molecule has 4 nitrogen and oxygen atoms in total. The molecular weight excluding hydrogens is 276 g/mol. The maximum absolute atomic E-state index is 11.9. The summed E-state index contributed by atoms with van der Waals surface area (Å²) >= 11 is 0. The quantitative estimate of drug-likeness (QED) is 0.797. The van der Waals surface area contributed by atoms with Gasteiger partial charge in [0.25, 0.3) is 0 Å². The third-order valence-corrected chi connectivity index (χ3v) is 3.42. The first-order valence-corrected chi connectivity index (χ1v) is 7.54. The molecule has 0 aliphatic heterocycles. The Balaban J connectivity index is 1.66. The van der Waals surface area contributed by atoms with Crippen LogP contribution in [-0.4, -0.2) is 17.5 Å². The lowest BCUT2D eigenvalue weighted by Gasteiger charge is -2.14. The van der Waals surface area contributed by atoms with E-state index in [0.29, 0.717) is 19.4 Å². The Bertz CT molecular complexity index is 582. The first kappa shape index (κ1) is 16.0. The average Bonchev–Trinajstić information content (AvgIpc) is 2.54. The summed E-state index contributed by atoms with van der Waals surface area (Å²) in [5.41, 5.74) is 2.26. The van der Waals surface area contributed by atoms with Crippen molar-refractivity contribution in [3.8, 4) is 5.75 Å². The highest BCUT2D eigenvalue weighted by Gasteiger charge is 2.08. The van der Waals surface area contributed by atoms with Crippen LogP contribution in [0.15, 0.2) is 48.8 Å². The van der Waals surface area contributed by atoms with Crippen LogP contribution in [0.2, 0.25) is 0 Å². The fraction of sp³-hybridized carbons (Fsp3) is 0.333. The number of carbonyl (C=O) groups excluding carboxylic acids is 1. The van der Waals surface area contributed by atoms with Gasteiger partial charge in [0, 0.05) is 18.8 Å². The molecule has 1 atom stereocenters. The number of ether oxygens (including phenoxy) is 1. The van der Waals surface area contributed by atoms with Crippen LogP contribution in [0.4, 0.5) is 0 Å². The average molecular weight is 298 g/mol. The first-order chi connectivity index (χ1) is 10.6. The molecule has 0 unspecified atom stereocenters. The molecule has 2 aromatic rings. The summed E-state index contributed by atoms with van der Waals surface area (Å²) in [7, 11) is 0. The minimum absolute atomic E-state index is 0.00600. The highest BCUT2D eigenvalue weighted by molar-refractivity contribution is 5.76. The smallest absolute Gasteiger partial charge is 0.220 e. The molecule has 1 N–H and O–H groups in total. The van der Waals surface area contributed by atoms with E-state index in [1.807, 2.05) is 50.2 Å². The molecule has 0 saturated heterocycles. The lowest BCUT2D eigenvalue weighted by Crippen LogP contribution is -2.26. The van der Waals surface area contributed by atoms with Crippen LogP contribution in [0, 0.1) is 6.92 Å². The van der Waals surface area contributed by atoms with Gasteiger partial charge in [-0.3, -0.25) is 9.78 Å². The maximum atomic E-state index is 11.9. The molecule has 1 aromatic heterocycles. The van der Waals surface area contributed by atoms with Gasteiger partial charge in [0.05, 0.1) is 12.6 Å². The Morgan fingerprint density at radius 1 is 1.18 bits per heavy atom. The minimum Gasteiger partial charge on any atom is -0.494 e. The zero-order valence-electron chi connectivity index (χ0n) is 13.1. The number of aryl methyl sites for hydroxylation is 1. The van der Waals surface area contributed by atoms with Crippen LogP contribution in [-0.2, 0) is 4.79 Å². The highest BCUT2D eigenvalue weighted by Crippen LogP contribution is 2.12. The highest BCUT2D eigenvalue weighted by atomic mass is 16.5. The molecule has 4 heteroatoms. The largest absolute Gasteiger partial charge is 0.494 e. The molecule has 0 bridgehead atoms. The van der Waals surface area contributed by atoms with Crippen molar-refractivity contribution in [2.45, 2.75) is 32.7 Å². The van der Waals surface area contributed by atoms with E-state index in [1.165, 1.54) is 5.56 Å². The summed E-state index contributed by atoms with van der Waals surface area (Å²) in [5, 5.41) is 2.98. The molecule has 0 spiro atoms. The van der Waals surface area contributed by atoms with Crippen molar-refractivity contribution < 1.29 is 9.53 Å². The van der Waals surface area contributed by atoms with Crippen molar-refractivity contribution in [2.75, 3.05) is 6.61 Å². The molecule has 0 fully saturated rings. The van der Waals surface area contributed by atoms with Gasteiger partial charge >= 0.3 is 0 Å². The van der Waals surface area contributed by atoms with Gasteiger partial charge in [-0.2, -0.15) is 0 Å². The van der Waals surface area contributed by atoms with Crippen molar-refractivity contribution in [1.82, 2.24) is 10.3 Å². The molecular formula is C18H22N2O2. The molecule has 2 rings (SSSR count). The van der Waals surface area contributed by atoms with E-state index in [2.05, 4.69) is 10.3 Å². The second-order valence-electron chi connectivity index (χ2n) is 5.33. The van der Waals surface area contributed by atoms with E-state index >= 15 is 0 Å². The van der Waals surface area contributed by atoms with Crippen LogP contribution in [0.5, 0.6) is 5.75 Å². The molecule has 0 saturated carbocycles. The minimum atomic E-state index is -0.00600. The summed E-state index contributed by atoms with van der Waals surface area (Å²) in [6, 6.07) is 11.7. The van der Waals surface area contributed by atoms with E-state index in [4.69, 9.17) is 4.74 Å². The van der Waals surface area contributed by atoms with Gasteiger partial charge in [-0.15, -0.1) is 0 Å². The topological polar surface area (TPSA) is 51.2 Å². The number of aromatic nitrogens is 1. The summed E-state index contributed by atoms with van der Waals surface area (Å²) in [6.07, 6.45) is 4.62. The van der Waals surface area contributed by atoms with E-state index in [1.54, 1.807) is 12.4 Å². The van der Waals surface area contributed by atoms with Crippen molar-refractivity contribution in [3.63, 3.8) is 0 Å². The number of nitrogens with zero attached hydrogens (tertiary/aromatic N) is 1. The maximum Gasteiger partial charge on any atom is 0.220 e. The number of benzene rings is 1. The van der Waals surface area contributed by atoms with Gasteiger partial charge < -0.3 is 10.1 Å². The Morgan fingerprint density at radius 2 is 1.86 bits per heavy atom. The van der Waals surface area contributed by atoms with E-state index in [0.717, 1.165) is 11.3 Å². The third-order valence-electron chi connectivity index (χ3n) is 3.42. The monoisotopic (exact) mass is 298 g/mol. The summed E-state index contributed by atoms with van der Waals surface area (Å²) < 4.78 is 5.61. The van der Waals surface area contributed by atoms with Crippen LogP contribution >= 0.6 is 0 Å². The molecule has 1 heterocycles. The Labute approximate surface area is 131 Å². The molecule has 1 amide bonds. The standard InChI is InChI=1S/C18H22N2O2/c1-14-5-7-17(8-6-14)22-13-3-4-18(21)20-15(2)16-9-11-19-12-10-16/h5-12,15H,3-4,13H2,1-2H3,(H,20,21)/t15-/m0/s1. The fourth-order valence-electron chi connectivity index (χ4n) is 2.11. The van der Waals surface area contributed by atoms with Gasteiger partial charge in [0.1, 0.15) is 5.75 Å². The molecule has 0 aliphatic rings. The number of carbonyl (C=O) groups is 1. The zero-order chi connectivity index (χ0) is 15.8. The van der Waals surface area contributed by atoms with Crippen LogP contribution in [0.25, 0.3) is 0 Å². The Morgan fingerprint density at radius 3 is 2.55 bits per heavy atom. The number of rotatable bonds is 7. The predicted octanol–water partition coefficient (Wildman–Crippen LogP) is 3.43. The van der Waals surface area contributed by atoms with Gasteiger partial charge in [0.15, 0.2) is 0 Å². The molecule has 116 valence electrons. The number of amides is 1. The van der Waals surface area contributed by atoms with E-state index in [-0.39, 0.29) is 11.9 Å². The van der Waals surface area contributed by atoms with Crippen molar-refractivity contribution in [3.05, 3.63) is 59.9 Å². The van der Waals surface area contributed by atoms with Gasteiger partial charge in [-0.05, 0) is 50.1 Å². The van der Waals surface area contributed by atoms with Crippen molar-refractivity contribution in [2.24, 2.45) is 0 Å². The lowest BCUT2D eigenvalue weighted by atomic mass is 10.1. The summed E-state index contributed by atoms with van der Waals surface area (Å²) in [6.45, 7) is 4.55. The SMILES string of the molecule is Cc1ccc(OCCCC(=O)N[C@@H](C)c2ccncc2)cc1. The summed E-state index contributed by atoms with van der Waals surface area (Å²) in [4.78, 5) is 15.9. The van der Waals surface area contributed by atoms with Crippen molar-refractivity contribution >= 4 is 5.91 Å².